The monoisotopic (exact) mass is 223 g/mol. The lowest BCUT2D eigenvalue weighted by molar-refractivity contribution is 0.0956. The molecule has 0 aromatic heterocycles. The van der Waals surface area contributed by atoms with E-state index in [0.717, 1.165) is 22.9 Å². The van der Waals surface area contributed by atoms with Gasteiger partial charge in [0.2, 0.25) is 0 Å². The quantitative estimate of drug-likeness (QED) is 0.778. The zero-order valence-electron chi connectivity index (χ0n) is 9.44. The van der Waals surface area contributed by atoms with Crippen LogP contribution in [0, 0.1) is 0 Å². The third-order valence-electron chi connectivity index (χ3n) is 3.25. The van der Waals surface area contributed by atoms with Crippen LogP contribution in [0.1, 0.15) is 28.4 Å². The van der Waals surface area contributed by atoms with Crippen molar-refractivity contribution in [3.05, 3.63) is 60.2 Å². The van der Waals surface area contributed by atoms with E-state index in [1.54, 1.807) is 0 Å². The zero-order chi connectivity index (χ0) is 11.8. The van der Waals surface area contributed by atoms with Gasteiger partial charge in [0.05, 0.1) is 6.04 Å². The summed E-state index contributed by atoms with van der Waals surface area (Å²) in [5.74, 6) is 0.0256. The minimum atomic E-state index is 0.0256. The summed E-state index contributed by atoms with van der Waals surface area (Å²) in [6.45, 7) is 3.73. The summed E-state index contributed by atoms with van der Waals surface area (Å²) in [6.07, 6.45) is 2.62. The number of carbonyl (C=O) groups is 1. The smallest absolute Gasteiger partial charge is 0.252 e. The van der Waals surface area contributed by atoms with Crippen molar-refractivity contribution in [1.29, 1.82) is 0 Å². The average molecular weight is 223 g/mol. The van der Waals surface area contributed by atoms with E-state index in [1.165, 1.54) is 5.39 Å². The molecule has 1 atom stereocenters. The summed E-state index contributed by atoms with van der Waals surface area (Å²) >= 11 is 0. The number of benzene rings is 2. The van der Waals surface area contributed by atoms with Gasteiger partial charge in [0.1, 0.15) is 0 Å². The predicted octanol–water partition coefficient (Wildman–Crippen LogP) is 3.20. The van der Waals surface area contributed by atoms with E-state index in [9.17, 15) is 4.79 Å². The molecule has 0 saturated carbocycles. The molecule has 2 aromatic rings. The molecule has 2 aromatic carbocycles. The van der Waals surface area contributed by atoms with E-state index >= 15 is 0 Å². The van der Waals surface area contributed by atoms with Gasteiger partial charge in [0.15, 0.2) is 0 Å². The third kappa shape index (κ3) is 1.53. The van der Waals surface area contributed by atoms with Crippen molar-refractivity contribution in [2.24, 2.45) is 0 Å². The Kier molecular flexibility index (Phi) is 2.22. The molecule has 2 nitrogen and oxygen atoms in total. The average Bonchev–Trinajstić information content (AvgIpc) is 2.64. The van der Waals surface area contributed by atoms with Gasteiger partial charge in [-0.25, -0.2) is 0 Å². The molecule has 17 heavy (non-hydrogen) atoms. The van der Waals surface area contributed by atoms with Crippen LogP contribution in [0.4, 0.5) is 0 Å². The Hall–Kier alpha value is -2.09. The van der Waals surface area contributed by atoms with Gasteiger partial charge in [0.25, 0.3) is 5.91 Å². The van der Waals surface area contributed by atoms with Crippen LogP contribution in [-0.4, -0.2) is 5.91 Å². The van der Waals surface area contributed by atoms with Crippen molar-refractivity contribution in [3.8, 4) is 0 Å². The molecule has 84 valence electrons. The van der Waals surface area contributed by atoms with Crippen LogP contribution in [0.25, 0.3) is 10.8 Å². The standard InChI is InChI=1S/C15H13NO/c1-2-5-14-12-8-10-6-3-4-7-11(10)9-13(12)15(17)16-14/h2-4,6-9,14H,1,5H2,(H,16,17)/t14-/m0/s1. The first-order valence-electron chi connectivity index (χ1n) is 5.74. The minimum Gasteiger partial charge on any atom is -0.345 e. The van der Waals surface area contributed by atoms with Crippen LogP contribution in [0.15, 0.2) is 49.1 Å². The second-order valence-electron chi connectivity index (χ2n) is 4.34. The summed E-state index contributed by atoms with van der Waals surface area (Å²) in [7, 11) is 0. The number of amides is 1. The maximum Gasteiger partial charge on any atom is 0.252 e. The normalized spacial score (nSPS) is 17.9. The van der Waals surface area contributed by atoms with Crippen LogP contribution in [-0.2, 0) is 0 Å². The molecule has 2 heteroatoms. The Morgan fingerprint density at radius 3 is 2.65 bits per heavy atom. The van der Waals surface area contributed by atoms with Gasteiger partial charge < -0.3 is 5.32 Å². The first-order valence-corrected chi connectivity index (χ1v) is 5.74. The van der Waals surface area contributed by atoms with Crippen LogP contribution in [0.5, 0.6) is 0 Å². The lowest BCUT2D eigenvalue weighted by Crippen LogP contribution is -2.18. The molecule has 0 aliphatic carbocycles. The lowest BCUT2D eigenvalue weighted by atomic mass is 9.98. The van der Waals surface area contributed by atoms with E-state index in [4.69, 9.17) is 0 Å². The first kappa shape index (κ1) is 10.1. The molecule has 0 saturated heterocycles. The lowest BCUT2D eigenvalue weighted by Gasteiger charge is -2.09. The molecule has 1 aliphatic rings. The van der Waals surface area contributed by atoms with E-state index < -0.39 is 0 Å². The van der Waals surface area contributed by atoms with Gasteiger partial charge >= 0.3 is 0 Å². The van der Waals surface area contributed by atoms with E-state index in [1.807, 2.05) is 30.3 Å². The van der Waals surface area contributed by atoms with Gasteiger partial charge in [-0.2, -0.15) is 0 Å². The maximum atomic E-state index is 11.8. The molecule has 1 N–H and O–H groups in total. The molecule has 0 spiro atoms. The van der Waals surface area contributed by atoms with Gasteiger partial charge in [-0.1, -0.05) is 30.3 Å². The Balaban J connectivity index is 2.22. The fraction of sp³-hybridized carbons (Fsp3) is 0.133. The second-order valence-corrected chi connectivity index (χ2v) is 4.34. The van der Waals surface area contributed by atoms with Gasteiger partial charge in [-0.05, 0) is 34.9 Å². The summed E-state index contributed by atoms with van der Waals surface area (Å²) in [5, 5.41) is 5.27. The summed E-state index contributed by atoms with van der Waals surface area (Å²) in [5.41, 5.74) is 1.89. The number of rotatable bonds is 2. The fourth-order valence-electron chi connectivity index (χ4n) is 2.41. The number of nitrogens with one attached hydrogen (secondary N) is 1. The summed E-state index contributed by atoms with van der Waals surface area (Å²) in [4.78, 5) is 11.8. The molecule has 1 amide bonds. The van der Waals surface area contributed by atoms with Crippen molar-refractivity contribution in [2.45, 2.75) is 12.5 Å². The van der Waals surface area contributed by atoms with Crippen molar-refractivity contribution in [3.63, 3.8) is 0 Å². The van der Waals surface area contributed by atoms with Crippen LogP contribution < -0.4 is 5.32 Å². The fourth-order valence-corrected chi connectivity index (χ4v) is 2.41. The molecular weight excluding hydrogens is 210 g/mol. The van der Waals surface area contributed by atoms with Crippen molar-refractivity contribution >= 4 is 16.7 Å². The van der Waals surface area contributed by atoms with E-state index in [0.29, 0.717) is 0 Å². The van der Waals surface area contributed by atoms with Gasteiger partial charge in [-0.3, -0.25) is 4.79 Å². The highest BCUT2D eigenvalue weighted by atomic mass is 16.2. The number of hydrogen-bond acceptors (Lipinski definition) is 1. The van der Waals surface area contributed by atoms with Crippen LogP contribution in [0.2, 0.25) is 0 Å². The van der Waals surface area contributed by atoms with Crippen LogP contribution in [0.3, 0.4) is 0 Å². The maximum absolute atomic E-state index is 11.8. The SMILES string of the molecule is C=CC[C@@H]1NC(=O)c2cc3ccccc3cc21. The predicted molar refractivity (Wildman–Crippen MR) is 69.0 cm³/mol. The van der Waals surface area contributed by atoms with E-state index in [-0.39, 0.29) is 11.9 Å². The van der Waals surface area contributed by atoms with Crippen molar-refractivity contribution in [2.75, 3.05) is 0 Å². The Labute approximate surface area is 100.0 Å². The van der Waals surface area contributed by atoms with Crippen molar-refractivity contribution in [1.82, 2.24) is 5.32 Å². The topological polar surface area (TPSA) is 29.1 Å². The zero-order valence-corrected chi connectivity index (χ0v) is 9.44. The van der Waals surface area contributed by atoms with Gasteiger partial charge in [0, 0.05) is 5.56 Å². The molecule has 0 radical (unpaired) electrons. The summed E-state index contributed by atoms with van der Waals surface area (Å²) < 4.78 is 0. The van der Waals surface area contributed by atoms with Crippen LogP contribution >= 0.6 is 0 Å². The molecule has 0 fully saturated rings. The Morgan fingerprint density at radius 1 is 1.24 bits per heavy atom. The number of hydrogen-bond donors (Lipinski definition) is 1. The second kappa shape index (κ2) is 3.74. The first-order chi connectivity index (χ1) is 8.29. The van der Waals surface area contributed by atoms with E-state index in [2.05, 4.69) is 24.0 Å². The highest BCUT2D eigenvalue weighted by Crippen LogP contribution is 2.31. The largest absolute Gasteiger partial charge is 0.345 e. The highest BCUT2D eigenvalue weighted by molar-refractivity contribution is 6.03. The Morgan fingerprint density at radius 2 is 1.94 bits per heavy atom. The molecule has 0 unspecified atom stereocenters. The molecule has 0 bridgehead atoms. The molecular formula is C15H13NO. The molecule has 3 rings (SSSR count). The molecule has 1 heterocycles. The van der Waals surface area contributed by atoms with Crippen molar-refractivity contribution < 1.29 is 4.79 Å². The molecule has 1 aliphatic heterocycles. The highest BCUT2D eigenvalue weighted by Gasteiger charge is 2.27. The summed E-state index contributed by atoms with van der Waals surface area (Å²) in [6, 6.07) is 12.3. The Bertz CT molecular complexity index is 615. The third-order valence-corrected chi connectivity index (χ3v) is 3.25. The number of fused-ring (bicyclic) bond motifs is 2. The van der Waals surface area contributed by atoms with Gasteiger partial charge in [-0.15, -0.1) is 6.58 Å². The minimum absolute atomic E-state index is 0.0256. The number of carbonyl (C=O) groups excluding carboxylic acids is 1.